The molecule has 0 aliphatic heterocycles. The maximum Gasteiger partial charge on any atom is 0.387 e. The first kappa shape index (κ1) is 11.8. The van der Waals surface area contributed by atoms with Crippen molar-refractivity contribution in [2.45, 2.75) is 19.1 Å². The highest BCUT2D eigenvalue weighted by Gasteiger charge is 2.17. The van der Waals surface area contributed by atoms with Crippen LogP contribution in [-0.4, -0.2) is 13.0 Å². The lowest BCUT2D eigenvalue weighted by atomic mass is 10.1. The smallest absolute Gasteiger partial charge is 0.387 e. The van der Waals surface area contributed by atoms with Crippen LogP contribution in [0.25, 0.3) is 0 Å². The van der Waals surface area contributed by atoms with E-state index >= 15 is 0 Å². The van der Waals surface area contributed by atoms with Gasteiger partial charge in [0.2, 0.25) is 0 Å². The molecule has 1 unspecified atom stereocenters. The zero-order valence-corrected chi connectivity index (χ0v) is 7.54. The normalized spacial score (nSPS) is 13.3. The van der Waals surface area contributed by atoms with Crippen LogP contribution >= 0.6 is 0 Å². The number of nitrogens with two attached hydrogens (primary N) is 1. The first-order valence-electron chi connectivity index (χ1n) is 4.09. The van der Waals surface area contributed by atoms with Gasteiger partial charge in [-0.15, -0.1) is 0 Å². The zero-order chi connectivity index (χ0) is 11.4. The minimum Gasteiger partial charge on any atom is -0.435 e. The fraction of sp³-hybridized carbons (Fsp3) is 0.333. The highest BCUT2D eigenvalue weighted by molar-refractivity contribution is 5.29. The molecule has 15 heavy (non-hydrogen) atoms. The molecule has 1 aromatic carbocycles. The van der Waals surface area contributed by atoms with E-state index in [-0.39, 0.29) is 11.3 Å². The molecule has 0 saturated carbocycles. The van der Waals surface area contributed by atoms with Gasteiger partial charge in [0.15, 0.2) is 0 Å². The molecular formula is C9H9F4NO. The first-order chi connectivity index (χ1) is 7.00. The molecule has 1 atom stereocenters. The minimum absolute atomic E-state index is 0.0878. The summed E-state index contributed by atoms with van der Waals surface area (Å²) >= 11 is 0. The Kier molecular flexibility index (Phi) is 3.90. The Labute approximate surface area is 83.6 Å². The van der Waals surface area contributed by atoms with Crippen LogP contribution in [0.1, 0.15) is 11.6 Å². The third kappa shape index (κ3) is 3.39. The van der Waals surface area contributed by atoms with Crippen LogP contribution in [0, 0.1) is 0 Å². The molecule has 84 valence electrons. The number of hydrogen-bond donors (Lipinski definition) is 1. The molecule has 0 saturated heterocycles. The van der Waals surface area contributed by atoms with E-state index in [9.17, 15) is 17.6 Å². The van der Waals surface area contributed by atoms with Crippen molar-refractivity contribution in [3.05, 3.63) is 29.8 Å². The average Bonchev–Trinajstić information content (AvgIpc) is 2.17. The fourth-order valence-corrected chi connectivity index (χ4v) is 1.02. The summed E-state index contributed by atoms with van der Waals surface area (Å²) in [6, 6.07) is 3.39. The summed E-state index contributed by atoms with van der Waals surface area (Å²) in [7, 11) is 0. The molecule has 2 N–H and O–H groups in total. The van der Waals surface area contributed by atoms with Gasteiger partial charge in [-0.25, -0.2) is 8.78 Å². The SMILES string of the molecule is NC(c1ccc(OC(F)F)cc1)C(F)F. The van der Waals surface area contributed by atoms with E-state index in [2.05, 4.69) is 4.74 Å². The molecule has 0 bridgehead atoms. The van der Waals surface area contributed by atoms with Crippen LogP contribution in [0.15, 0.2) is 24.3 Å². The second-order valence-corrected chi connectivity index (χ2v) is 2.81. The van der Waals surface area contributed by atoms with Gasteiger partial charge < -0.3 is 10.5 Å². The third-order valence-corrected chi connectivity index (χ3v) is 1.76. The Morgan fingerprint density at radius 1 is 1.00 bits per heavy atom. The van der Waals surface area contributed by atoms with E-state index in [1.54, 1.807) is 0 Å². The Hall–Kier alpha value is -1.30. The molecule has 0 spiro atoms. The Balaban J connectivity index is 2.72. The van der Waals surface area contributed by atoms with Crippen molar-refractivity contribution in [1.82, 2.24) is 0 Å². The average molecular weight is 223 g/mol. The molecule has 0 heterocycles. The second kappa shape index (κ2) is 4.97. The van der Waals surface area contributed by atoms with Gasteiger partial charge in [-0.05, 0) is 17.7 Å². The van der Waals surface area contributed by atoms with Crippen LogP contribution in [0.5, 0.6) is 5.75 Å². The quantitative estimate of drug-likeness (QED) is 0.796. The first-order valence-corrected chi connectivity index (χ1v) is 4.09. The lowest BCUT2D eigenvalue weighted by molar-refractivity contribution is -0.0498. The Morgan fingerprint density at radius 2 is 1.53 bits per heavy atom. The highest BCUT2D eigenvalue weighted by atomic mass is 19.3. The molecule has 2 nitrogen and oxygen atoms in total. The van der Waals surface area contributed by atoms with E-state index in [1.807, 2.05) is 0 Å². The predicted molar refractivity (Wildman–Crippen MR) is 46.0 cm³/mol. The van der Waals surface area contributed by atoms with Crippen LogP contribution in [0.2, 0.25) is 0 Å². The van der Waals surface area contributed by atoms with Crippen LogP contribution in [-0.2, 0) is 0 Å². The van der Waals surface area contributed by atoms with E-state index < -0.39 is 19.1 Å². The van der Waals surface area contributed by atoms with Gasteiger partial charge in [0.05, 0.1) is 6.04 Å². The van der Waals surface area contributed by atoms with Crippen molar-refractivity contribution >= 4 is 0 Å². The summed E-state index contributed by atoms with van der Waals surface area (Å²) in [4.78, 5) is 0. The molecule has 0 aliphatic rings. The maximum atomic E-state index is 12.1. The van der Waals surface area contributed by atoms with Crippen molar-refractivity contribution in [3.8, 4) is 5.75 Å². The number of rotatable bonds is 4. The standard InChI is InChI=1S/C9H9F4NO/c10-8(11)7(14)5-1-3-6(4-2-5)15-9(12)13/h1-4,7-9H,14H2. The molecule has 0 amide bonds. The number of alkyl halides is 4. The van der Waals surface area contributed by atoms with Gasteiger partial charge in [-0.3, -0.25) is 0 Å². The summed E-state index contributed by atoms with van der Waals surface area (Å²) in [6.07, 6.45) is -2.69. The van der Waals surface area contributed by atoms with E-state index in [1.165, 1.54) is 24.3 Å². The van der Waals surface area contributed by atoms with Crippen LogP contribution < -0.4 is 10.5 Å². The minimum atomic E-state index is -2.93. The van der Waals surface area contributed by atoms with Gasteiger partial charge in [0.25, 0.3) is 6.43 Å². The van der Waals surface area contributed by atoms with E-state index in [0.29, 0.717) is 0 Å². The number of hydrogen-bond acceptors (Lipinski definition) is 2. The van der Waals surface area contributed by atoms with Crippen molar-refractivity contribution in [2.75, 3.05) is 0 Å². The van der Waals surface area contributed by atoms with Crippen molar-refractivity contribution in [3.63, 3.8) is 0 Å². The number of ether oxygens (including phenoxy) is 1. The molecule has 0 aliphatic carbocycles. The van der Waals surface area contributed by atoms with Gasteiger partial charge in [-0.2, -0.15) is 8.78 Å². The monoisotopic (exact) mass is 223 g/mol. The molecule has 1 rings (SSSR count). The van der Waals surface area contributed by atoms with Gasteiger partial charge >= 0.3 is 6.61 Å². The fourth-order valence-electron chi connectivity index (χ4n) is 1.02. The van der Waals surface area contributed by atoms with Gasteiger partial charge in [-0.1, -0.05) is 12.1 Å². The molecule has 6 heteroatoms. The van der Waals surface area contributed by atoms with Crippen molar-refractivity contribution in [2.24, 2.45) is 5.73 Å². The molecule has 0 aromatic heterocycles. The largest absolute Gasteiger partial charge is 0.435 e. The summed E-state index contributed by atoms with van der Waals surface area (Å²) < 4.78 is 51.8. The molecule has 0 radical (unpaired) electrons. The highest BCUT2D eigenvalue weighted by Crippen LogP contribution is 2.21. The number of halogens is 4. The zero-order valence-electron chi connectivity index (χ0n) is 7.54. The summed E-state index contributed by atoms with van der Waals surface area (Å²) in [5.74, 6) is -0.0878. The predicted octanol–water partition coefficient (Wildman–Crippen LogP) is 2.55. The maximum absolute atomic E-state index is 12.1. The second-order valence-electron chi connectivity index (χ2n) is 2.81. The molecular weight excluding hydrogens is 214 g/mol. The Bertz CT molecular complexity index is 301. The lowest BCUT2D eigenvalue weighted by Crippen LogP contribution is -2.18. The summed E-state index contributed by atoms with van der Waals surface area (Å²) in [6.45, 7) is -2.93. The van der Waals surface area contributed by atoms with Crippen LogP contribution in [0.4, 0.5) is 17.6 Å². The third-order valence-electron chi connectivity index (χ3n) is 1.76. The molecule has 0 fully saturated rings. The van der Waals surface area contributed by atoms with Crippen molar-refractivity contribution in [1.29, 1.82) is 0 Å². The van der Waals surface area contributed by atoms with Gasteiger partial charge in [0, 0.05) is 0 Å². The lowest BCUT2D eigenvalue weighted by Gasteiger charge is -2.11. The van der Waals surface area contributed by atoms with Crippen molar-refractivity contribution < 1.29 is 22.3 Å². The number of benzene rings is 1. The van der Waals surface area contributed by atoms with Gasteiger partial charge in [0.1, 0.15) is 5.75 Å². The topological polar surface area (TPSA) is 35.2 Å². The summed E-state index contributed by atoms with van der Waals surface area (Å²) in [5.41, 5.74) is 5.32. The van der Waals surface area contributed by atoms with E-state index in [4.69, 9.17) is 5.73 Å². The Morgan fingerprint density at radius 3 is 1.93 bits per heavy atom. The summed E-state index contributed by atoms with van der Waals surface area (Å²) in [5, 5.41) is 0. The molecule has 1 aromatic rings. The van der Waals surface area contributed by atoms with E-state index in [0.717, 1.165) is 0 Å². The van der Waals surface area contributed by atoms with Crippen LogP contribution in [0.3, 0.4) is 0 Å².